The van der Waals surface area contributed by atoms with Gasteiger partial charge in [-0.25, -0.2) is 0 Å². The quantitative estimate of drug-likeness (QED) is 0.552. The zero-order valence-corrected chi connectivity index (χ0v) is 4.91. The average molecular weight is 166 g/mol. The van der Waals surface area contributed by atoms with Gasteiger partial charge >= 0.3 is 0 Å². The molecule has 1 aliphatic rings. The summed E-state index contributed by atoms with van der Waals surface area (Å²) in [5, 5.41) is 7.80. The number of nitrogens with zero attached hydrogens (tertiary/aromatic N) is 2. The summed E-state index contributed by atoms with van der Waals surface area (Å²) in [5.74, 6) is 0. The number of azo groups is 1. The van der Waals surface area contributed by atoms with Crippen LogP contribution in [0.1, 0.15) is 27.8 Å². The number of fused-ring (bicyclic) bond motifs is 1. The highest BCUT2D eigenvalue weighted by molar-refractivity contribution is 5.46. The number of rotatable bonds is 0. The maximum Gasteiger partial charge on any atom is 0.0904 e. The molecule has 2 nitrogen and oxygen atoms in total. The van der Waals surface area contributed by atoms with Gasteiger partial charge in [-0.3, -0.25) is 0 Å². The Morgan fingerprint density at radius 1 is 1.00 bits per heavy atom. The summed E-state index contributed by atoms with van der Waals surface area (Å²) in [5.41, 5.74) is 2.26. The van der Waals surface area contributed by atoms with Crippen LogP contribution in [-0.4, -0.2) is 0 Å². The minimum atomic E-state index is 0. The molecular formula is C10H18N2. The Labute approximate surface area is 75.3 Å². The summed E-state index contributed by atoms with van der Waals surface area (Å²) in [6, 6.07) is 8.01. The van der Waals surface area contributed by atoms with Gasteiger partial charge < -0.3 is 0 Å². The van der Waals surface area contributed by atoms with E-state index >= 15 is 0 Å². The first kappa shape index (κ1) is 13.4. The Bertz CT molecular complexity index is 254. The van der Waals surface area contributed by atoms with Crippen LogP contribution in [0, 0.1) is 0 Å². The fourth-order valence-electron chi connectivity index (χ4n) is 0.930. The van der Waals surface area contributed by atoms with E-state index in [1.54, 1.807) is 0 Å². The Balaban J connectivity index is 0. The predicted octanol–water partition coefficient (Wildman–Crippen LogP) is 4.19. The van der Waals surface area contributed by atoms with Gasteiger partial charge in [-0.1, -0.05) is 40.5 Å². The van der Waals surface area contributed by atoms with Gasteiger partial charge in [0, 0.05) is 5.56 Å². The van der Waals surface area contributed by atoms with Crippen LogP contribution in [-0.2, 0) is 6.54 Å². The summed E-state index contributed by atoms with van der Waals surface area (Å²) in [4.78, 5) is 0. The Morgan fingerprint density at radius 3 is 2.33 bits per heavy atom. The molecule has 0 saturated carbocycles. The van der Waals surface area contributed by atoms with Gasteiger partial charge in [0.05, 0.1) is 12.2 Å². The van der Waals surface area contributed by atoms with Crippen LogP contribution in [0.25, 0.3) is 0 Å². The van der Waals surface area contributed by atoms with Gasteiger partial charge in [-0.15, -0.1) is 0 Å². The Hall–Kier alpha value is -1.18. The molecule has 0 unspecified atom stereocenters. The summed E-state index contributed by atoms with van der Waals surface area (Å²) in [7, 11) is 0. The van der Waals surface area contributed by atoms with Crippen molar-refractivity contribution in [1.82, 2.24) is 0 Å². The van der Waals surface area contributed by atoms with E-state index < -0.39 is 0 Å². The van der Waals surface area contributed by atoms with Crippen molar-refractivity contribution in [3.05, 3.63) is 29.8 Å². The molecule has 0 amide bonds. The van der Waals surface area contributed by atoms with Crippen molar-refractivity contribution in [3.63, 3.8) is 0 Å². The molecule has 1 heterocycles. The highest BCUT2D eigenvalue weighted by Gasteiger charge is 2.03. The number of benzene rings is 1. The van der Waals surface area contributed by atoms with Crippen molar-refractivity contribution >= 4 is 5.69 Å². The summed E-state index contributed by atoms with van der Waals surface area (Å²) < 4.78 is 0. The molecule has 0 bridgehead atoms. The molecular weight excluding hydrogens is 148 g/mol. The monoisotopic (exact) mass is 166 g/mol. The van der Waals surface area contributed by atoms with E-state index in [0.717, 1.165) is 12.2 Å². The third-order valence-corrected chi connectivity index (χ3v) is 1.41. The zero-order chi connectivity index (χ0) is 6.10. The van der Waals surface area contributed by atoms with Crippen molar-refractivity contribution in [3.8, 4) is 0 Å². The van der Waals surface area contributed by atoms with Crippen LogP contribution in [0.4, 0.5) is 5.69 Å². The molecule has 0 aliphatic carbocycles. The molecule has 68 valence electrons. The van der Waals surface area contributed by atoms with Crippen LogP contribution in [0.3, 0.4) is 0 Å². The number of hydrogen-bond acceptors (Lipinski definition) is 2. The predicted molar refractivity (Wildman–Crippen MR) is 54.9 cm³/mol. The second kappa shape index (κ2) is 5.47. The molecule has 0 fully saturated rings. The lowest BCUT2D eigenvalue weighted by Crippen LogP contribution is -1.71. The van der Waals surface area contributed by atoms with Gasteiger partial charge in [-0.2, -0.15) is 10.2 Å². The zero-order valence-electron chi connectivity index (χ0n) is 4.91. The minimum Gasteiger partial charge on any atom is -0.184 e. The number of hydrogen-bond donors (Lipinski definition) is 0. The molecule has 2 heteroatoms. The normalized spacial score (nSPS) is 10.3. The first-order valence-electron chi connectivity index (χ1n) is 2.92. The van der Waals surface area contributed by atoms with Gasteiger partial charge in [0.25, 0.3) is 0 Å². The van der Waals surface area contributed by atoms with Crippen molar-refractivity contribution in [2.45, 2.75) is 28.8 Å². The van der Waals surface area contributed by atoms with E-state index in [0.29, 0.717) is 0 Å². The molecule has 2 rings (SSSR count). The van der Waals surface area contributed by atoms with Gasteiger partial charge in [0.15, 0.2) is 0 Å². The SMILES string of the molecule is C.C.C.c1ccc2c(c1)CN=N2. The maximum absolute atomic E-state index is 3.92. The smallest absolute Gasteiger partial charge is 0.0904 e. The van der Waals surface area contributed by atoms with Crippen LogP contribution in [0.15, 0.2) is 34.5 Å². The molecule has 0 N–H and O–H groups in total. The highest BCUT2D eigenvalue weighted by Crippen LogP contribution is 2.24. The van der Waals surface area contributed by atoms with Crippen molar-refractivity contribution in [2.75, 3.05) is 0 Å². The second-order valence-electron chi connectivity index (χ2n) is 2.03. The van der Waals surface area contributed by atoms with E-state index in [1.165, 1.54) is 5.56 Å². The molecule has 1 aliphatic heterocycles. The van der Waals surface area contributed by atoms with Crippen molar-refractivity contribution in [1.29, 1.82) is 0 Å². The molecule has 0 atom stereocenters. The lowest BCUT2D eigenvalue weighted by Gasteiger charge is -1.88. The van der Waals surface area contributed by atoms with Crippen molar-refractivity contribution in [2.24, 2.45) is 10.2 Å². The van der Waals surface area contributed by atoms with Gasteiger partial charge in [0.1, 0.15) is 0 Å². The summed E-state index contributed by atoms with van der Waals surface area (Å²) in [6.07, 6.45) is 0. The first-order valence-corrected chi connectivity index (χ1v) is 2.92. The molecule has 1 aromatic rings. The molecule has 12 heavy (non-hydrogen) atoms. The van der Waals surface area contributed by atoms with Gasteiger partial charge in [0.2, 0.25) is 0 Å². The van der Waals surface area contributed by atoms with Crippen LogP contribution in [0.5, 0.6) is 0 Å². The topological polar surface area (TPSA) is 24.7 Å². The van der Waals surface area contributed by atoms with Crippen molar-refractivity contribution < 1.29 is 0 Å². The van der Waals surface area contributed by atoms with Crippen LogP contribution >= 0.6 is 0 Å². The Kier molecular flexibility index (Phi) is 6.11. The van der Waals surface area contributed by atoms with E-state index in [1.807, 2.05) is 18.2 Å². The lowest BCUT2D eigenvalue weighted by molar-refractivity contribution is 1.04. The lowest BCUT2D eigenvalue weighted by atomic mass is 10.2. The third kappa shape index (κ3) is 2.16. The molecule has 0 aromatic heterocycles. The fraction of sp³-hybridized carbons (Fsp3) is 0.400. The molecule has 0 saturated heterocycles. The first-order chi connectivity index (χ1) is 4.47. The minimum absolute atomic E-state index is 0. The van der Waals surface area contributed by atoms with Crippen LogP contribution < -0.4 is 0 Å². The van der Waals surface area contributed by atoms with Crippen LogP contribution in [0.2, 0.25) is 0 Å². The largest absolute Gasteiger partial charge is 0.184 e. The molecule has 1 aromatic carbocycles. The van der Waals surface area contributed by atoms with E-state index in [4.69, 9.17) is 0 Å². The molecule has 0 radical (unpaired) electrons. The maximum atomic E-state index is 3.92. The fourth-order valence-corrected chi connectivity index (χ4v) is 0.930. The van der Waals surface area contributed by atoms with E-state index in [-0.39, 0.29) is 22.3 Å². The van der Waals surface area contributed by atoms with E-state index in [9.17, 15) is 0 Å². The second-order valence-corrected chi connectivity index (χ2v) is 2.03. The Morgan fingerprint density at radius 2 is 1.67 bits per heavy atom. The summed E-state index contributed by atoms with van der Waals surface area (Å²) in [6.45, 7) is 0.760. The highest BCUT2D eigenvalue weighted by atomic mass is 15.1. The average Bonchev–Trinajstić information content (AvgIpc) is 2.33. The summed E-state index contributed by atoms with van der Waals surface area (Å²) >= 11 is 0. The van der Waals surface area contributed by atoms with E-state index in [2.05, 4.69) is 16.3 Å². The van der Waals surface area contributed by atoms with Gasteiger partial charge in [-0.05, 0) is 6.07 Å². The molecule has 0 spiro atoms. The standard InChI is InChI=1S/C7H6N2.3CH4/c1-2-4-7-6(3-1)5-8-9-7;;;/h1-4H,5H2;3*1H4. The third-order valence-electron chi connectivity index (χ3n) is 1.41.